The van der Waals surface area contributed by atoms with Crippen molar-refractivity contribution < 1.29 is 9.84 Å². The maximum Gasteiger partial charge on any atom is 0.128 e. The Morgan fingerprint density at radius 1 is 1.37 bits per heavy atom. The number of aliphatic hydroxyl groups excluding tert-OH is 1. The number of nitrogens with zero attached hydrogens (tertiary/aromatic N) is 1. The van der Waals surface area contributed by atoms with Gasteiger partial charge in [0.1, 0.15) is 11.6 Å². The smallest absolute Gasteiger partial charge is 0.128 e. The molecule has 0 aliphatic rings. The molecule has 0 unspecified atom stereocenters. The van der Waals surface area contributed by atoms with Crippen LogP contribution in [0, 0.1) is 0 Å². The Hall–Kier alpha value is -1.81. The second-order valence-electron chi connectivity index (χ2n) is 4.46. The van der Waals surface area contributed by atoms with Crippen LogP contribution in [0.5, 0.6) is 5.75 Å². The normalized spacial score (nSPS) is 10.7. The fourth-order valence-electron chi connectivity index (χ4n) is 2.06. The molecule has 102 valence electrons. The minimum atomic E-state index is 0.185. The number of ether oxygens (including phenoxy) is 1. The van der Waals surface area contributed by atoms with Crippen molar-refractivity contribution in [3.63, 3.8) is 0 Å². The molecule has 0 saturated heterocycles. The summed E-state index contributed by atoms with van der Waals surface area (Å²) >= 11 is 0. The van der Waals surface area contributed by atoms with E-state index in [4.69, 9.17) is 9.84 Å². The lowest BCUT2D eigenvalue weighted by molar-refractivity contribution is 0.287. The lowest BCUT2D eigenvalue weighted by atomic mass is 10.1. The van der Waals surface area contributed by atoms with Gasteiger partial charge in [0, 0.05) is 18.6 Å². The third kappa shape index (κ3) is 3.15. The number of aromatic nitrogens is 2. The van der Waals surface area contributed by atoms with Gasteiger partial charge in [-0.3, -0.25) is 0 Å². The van der Waals surface area contributed by atoms with Crippen LogP contribution in [-0.4, -0.2) is 28.8 Å². The molecule has 0 aliphatic heterocycles. The monoisotopic (exact) mass is 260 g/mol. The Kier molecular flexibility index (Phi) is 4.58. The van der Waals surface area contributed by atoms with Crippen LogP contribution < -0.4 is 4.74 Å². The van der Waals surface area contributed by atoms with Crippen LogP contribution in [0.15, 0.2) is 24.4 Å². The fourth-order valence-corrected chi connectivity index (χ4v) is 2.06. The fraction of sp³-hybridized carbons (Fsp3) is 0.400. The molecular weight excluding hydrogens is 240 g/mol. The highest BCUT2D eigenvalue weighted by molar-refractivity contribution is 5.67. The highest BCUT2D eigenvalue weighted by Gasteiger charge is 2.09. The number of aromatic amines is 1. The predicted octanol–water partition coefficient (Wildman–Crippen LogP) is 2.57. The van der Waals surface area contributed by atoms with Crippen molar-refractivity contribution in [3.05, 3.63) is 35.8 Å². The van der Waals surface area contributed by atoms with Crippen LogP contribution in [0.2, 0.25) is 0 Å². The zero-order chi connectivity index (χ0) is 13.7. The topological polar surface area (TPSA) is 58.1 Å². The van der Waals surface area contributed by atoms with Gasteiger partial charge in [0.2, 0.25) is 0 Å². The summed E-state index contributed by atoms with van der Waals surface area (Å²) in [5.41, 5.74) is 3.26. The Morgan fingerprint density at radius 2 is 2.21 bits per heavy atom. The summed E-state index contributed by atoms with van der Waals surface area (Å²) < 4.78 is 5.40. The first-order valence-corrected chi connectivity index (χ1v) is 6.60. The number of nitrogens with one attached hydrogen (secondary N) is 1. The van der Waals surface area contributed by atoms with Crippen molar-refractivity contribution in [2.75, 3.05) is 13.7 Å². The maximum atomic E-state index is 8.84. The Balaban J connectivity index is 2.31. The van der Waals surface area contributed by atoms with Crippen LogP contribution in [-0.2, 0) is 12.8 Å². The van der Waals surface area contributed by atoms with E-state index < -0.39 is 0 Å². The van der Waals surface area contributed by atoms with Gasteiger partial charge in [-0.05, 0) is 30.5 Å². The Bertz CT molecular complexity index is 535. The first kappa shape index (κ1) is 13.6. The molecule has 0 saturated carbocycles. The van der Waals surface area contributed by atoms with Crippen molar-refractivity contribution in [1.29, 1.82) is 0 Å². The van der Waals surface area contributed by atoms with Crippen LogP contribution in [0.25, 0.3) is 11.3 Å². The van der Waals surface area contributed by atoms with Gasteiger partial charge in [-0.2, -0.15) is 0 Å². The average molecular weight is 260 g/mol. The summed E-state index contributed by atoms with van der Waals surface area (Å²) in [4.78, 5) is 7.63. The maximum absolute atomic E-state index is 8.84. The summed E-state index contributed by atoms with van der Waals surface area (Å²) in [6.45, 7) is 2.32. The number of rotatable bonds is 6. The molecule has 0 bridgehead atoms. The second kappa shape index (κ2) is 6.38. The quantitative estimate of drug-likeness (QED) is 0.839. The standard InChI is InChI=1S/C15H20N2O2/c1-3-11-6-7-14(19-2)12(9-11)13-10-16-15(17-13)5-4-8-18/h6-7,9-10,18H,3-5,8H2,1-2H3,(H,16,17). The van der Waals surface area contributed by atoms with Gasteiger partial charge in [-0.25, -0.2) is 4.98 Å². The molecule has 0 spiro atoms. The average Bonchev–Trinajstić information content (AvgIpc) is 2.93. The molecule has 2 N–H and O–H groups in total. The first-order valence-electron chi connectivity index (χ1n) is 6.60. The van der Waals surface area contributed by atoms with Crippen molar-refractivity contribution in [1.82, 2.24) is 9.97 Å². The lowest BCUT2D eigenvalue weighted by Crippen LogP contribution is -1.93. The molecule has 0 amide bonds. The molecule has 4 heteroatoms. The number of imidazole rings is 1. The number of hydrogen-bond donors (Lipinski definition) is 2. The number of benzene rings is 1. The molecule has 1 aromatic carbocycles. The number of H-pyrrole nitrogens is 1. The van der Waals surface area contributed by atoms with Gasteiger partial charge in [-0.15, -0.1) is 0 Å². The van der Waals surface area contributed by atoms with Gasteiger partial charge in [-0.1, -0.05) is 13.0 Å². The second-order valence-corrected chi connectivity index (χ2v) is 4.46. The van der Waals surface area contributed by atoms with E-state index in [1.165, 1.54) is 5.56 Å². The van der Waals surface area contributed by atoms with E-state index in [1.54, 1.807) is 7.11 Å². The molecule has 19 heavy (non-hydrogen) atoms. The summed E-state index contributed by atoms with van der Waals surface area (Å²) in [6, 6.07) is 6.19. The van der Waals surface area contributed by atoms with Crippen molar-refractivity contribution in [3.8, 4) is 17.0 Å². The largest absolute Gasteiger partial charge is 0.496 e. The molecule has 0 aliphatic carbocycles. The Morgan fingerprint density at radius 3 is 2.89 bits per heavy atom. The first-order chi connectivity index (χ1) is 9.28. The van der Waals surface area contributed by atoms with Crippen LogP contribution in [0.1, 0.15) is 24.7 Å². The highest BCUT2D eigenvalue weighted by atomic mass is 16.5. The van der Waals surface area contributed by atoms with E-state index in [0.717, 1.165) is 42.1 Å². The Labute approximate surface area is 113 Å². The van der Waals surface area contributed by atoms with Crippen molar-refractivity contribution >= 4 is 0 Å². The third-order valence-electron chi connectivity index (χ3n) is 3.16. The van der Waals surface area contributed by atoms with E-state index in [2.05, 4.69) is 29.0 Å². The number of hydrogen-bond acceptors (Lipinski definition) is 3. The summed E-state index contributed by atoms with van der Waals surface area (Å²) in [6.07, 6.45) is 4.29. The van der Waals surface area contributed by atoms with Crippen molar-refractivity contribution in [2.45, 2.75) is 26.2 Å². The van der Waals surface area contributed by atoms with Crippen LogP contribution >= 0.6 is 0 Å². The summed E-state index contributed by atoms with van der Waals surface area (Å²) in [5, 5.41) is 8.84. The molecule has 2 rings (SSSR count). The van der Waals surface area contributed by atoms with Gasteiger partial charge in [0.05, 0.1) is 19.0 Å². The minimum absolute atomic E-state index is 0.185. The number of aliphatic hydroxyl groups is 1. The summed E-state index contributed by atoms with van der Waals surface area (Å²) in [7, 11) is 1.67. The third-order valence-corrected chi connectivity index (χ3v) is 3.16. The van der Waals surface area contributed by atoms with Gasteiger partial charge < -0.3 is 14.8 Å². The minimum Gasteiger partial charge on any atom is -0.496 e. The van der Waals surface area contributed by atoms with Gasteiger partial charge >= 0.3 is 0 Å². The molecule has 0 atom stereocenters. The number of aryl methyl sites for hydroxylation is 2. The van der Waals surface area contributed by atoms with E-state index in [1.807, 2.05) is 12.3 Å². The molecule has 0 fully saturated rings. The SMILES string of the molecule is CCc1ccc(OC)c(-c2cnc(CCCO)[nH]2)c1. The zero-order valence-electron chi connectivity index (χ0n) is 11.4. The number of methoxy groups -OCH3 is 1. The van der Waals surface area contributed by atoms with Crippen LogP contribution in [0.4, 0.5) is 0 Å². The van der Waals surface area contributed by atoms with Crippen LogP contribution in [0.3, 0.4) is 0 Å². The van der Waals surface area contributed by atoms with Gasteiger partial charge in [0.25, 0.3) is 0 Å². The summed E-state index contributed by atoms with van der Waals surface area (Å²) in [5.74, 6) is 1.74. The van der Waals surface area contributed by atoms with E-state index in [0.29, 0.717) is 0 Å². The van der Waals surface area contributed by atoms with E-state index in [9.17, 15) is 0 Å². The lowest BCUT2D eigenvalue weighted by Gasteiger charge is -2.08. The van der Waals surface area contributed by atoms with Gasteiger partial charge in [0.15, 0.2) is 0 Å². The molecule has 2 aromatic rings. The molecule has 1 heterocycles. The predicted molar refractivity (Wildman–Crippen MR) is 75.4 cm³/mol. The molecule has 4 nitrogen and oxygen atoms in total. The molecular formula is C15H20N2O2. The molecule has 0 radical (unpaired) electrons. The highest BCUT2D eigenvalue weighted by Crippen LogP contribution is 2.30. The zero-order valence-corrected chi connectivity index (χ0v) is 11.4. The van der Waals surface area contributed by atoms with E-state index >= 15 is 0 Å². The van der Waals surface area contributed by atoms with E-state index in [-0.39, 0.29) is 6.61 Å². The van der Waals surface area contributed by atoms with Crippen molar-refractivity contribution in [2.24, 2.45) is 0 Å². The molecule has 1 aromatic heterocycles.